The molecule has 1 saturated carbocycles. The third kappa shape index (κ3) is 15.5. The molecule has 1 saturated heterocycles. The Bertz CT molecular complexity index is 992. The number of urea groups is 1. The van der Waals surface area contributed by atoms with Crippen molar-refractivity contribution in [3.05, 3.63) is 0 Å². The number of nitrogens with two attached hydrogens (primary N) is 1. The molecule has 5 amide bonds. The Kier molecular flexibility index (Phi) is 19.1. The van der Waals surface area contributed by atoms with E-state index in [4.69, 9.17) is 5.73 Å². The van der Waals surface area contributed by atoms with Crippen molar-refractivity contribution in [2.45, 2.75) is 132 Å². The minimum absolute atomic E-state index is 0.216. The molecule has 13 heteroatoms. The monoisotopic (exact) mass is 671 g/mol. The van der Waals surface area contributed by atoms with Gasteiger partial charge >= 0.3 is 6.03 Å². The molecule has 5 N–H and O–H groups in total. The quantitative estimate of drug-likeness (QED) is 0.169. The van der Waals surface area contributed by atoms with E-state index < -0.39 is 47.2 Å². The van der Waals surface area contributed by atoms with E-state index in [1.807, 2.05) is 85.1 Å². The number of likely N-dealkylation sites (N-methyl/N-ethyl adjacent to an activating group) is 1. The third-order valence-corrected chi connectivity index (χ3v) is 8.22. The van der Waals surface area contributed by atoms with Crippen LogP contribution in [0.25, 0.3) is 0 Å². The highest BCUT2D eigenvalue weighted by Crippen LogP contribution is 2.34. The van der Waals surface area contributed by atoms with Crippen LogP contribution in [0.3, 0.4) is 0 Å². The van der Waals surface area contributed by atoms with Gasteiger partial charge in [-0.05, 0) is 57.2 Å². The van der Waals surface area contributed by atoms with Crippen LogP contribution in [-0.2, 0) is 19.2 Å². The molecule has 0 aromatic rings. The highest BCUT2D eigenvalue weighted by atomic mass is 32.2. The van der Waals surface area contributed by atoms with Crippen LogP contribution in [0.5, 0.6) is 0 Å². The largest absolute Gasteiger partial charge is 0.363 e. The van der Waals surface area contributed by atoms with Gasteiger partial charge in [-0.2, -0.15) is 0 Å². The summed E-state index contributed by atoms with van der Waals surface area (Å²) in [7, 11) is 5.85. The average molecular weight is 672 g/mol. The Balaban J connectivity index is 0.00000381. The number of primary amides is 1. The summed E-state index contributed by atoms with van der Waals surface area (Å²) in [6.45, 7) is 20.9. The lowest BCUT2D eigenvalue weighted by Crippen LogP contribution is -2.61. The molecule has 12 nitrogen and oxygen atoms in total. The summed E-state index contributed by atoms with van der Waals surface area (Å²) in [5.41, 5.74) is 4.32. The lowest BCUT2D eigenvalue weighted by Gasteiger charge is -2.38. The lowest BCUT2D eigenvalue weighted by molar-refractivity contribution is -0.143. The standard InChI is InChI=1S/C28H51N7O5S.C3H8.C2H6/c1-27(2,3)20(16-34(9)41-33(7)8)31-26(40)32-22(28(4,5)6)25(39)35-14-10-11-19(35)24(38)30-18(15-17-12-13-17)21(36)23(29)37;1-3-2;1-2/h17-20,22H,10-16H2,1-9H3,(H2,29,37)(H,30,38)(H2,31,32,40);3H2,1-2H3;1-2H3. The van der Waals surface area contributed by atoms with Gasteiger partial charge in [-0.25, -0.2) is 13.4 Å². The highest BCUT2D eigenvalue weighted by molar-refractivity contribution is 7.94. The van der Waals surface area contributed by atoms with Crippen LogP contribution in [0.2, 0.25) is 0 Å². The molecule has 0 bridgehead atoms. The molecule has 268 valence electrons. The van der Waals surface area contributed by atoms with Crippen LogP contribution in [0, 0.1) is 16.7 Å². The van der Waals surface area contributed by atoms with Crippen molar-refractivity contribution in [3.8, 4) is 0 Å². The summed E-state index contributed by atoms with van der Waals surface area (Å²) in [5.74, 6) is -2.48. The van der Waals surface area contributed by atoms with Gasteiger partial charge in [-0.1, -0.05) is 88.5 Å². The second kappa shape index (κ2) is 20.1. The predicted molar refractivity (Wildman–Crippen MR) is 188 cm³/mol. The van der Waals surface area contributed by atoms with Crippen molar-refractivity contribution >= 4 is 41.7 Å². The predicted octanol–water partition coefficient (Wildman–Crippen LogP) is 3.94. The summed E-state index contributed by atoms with van der Waals surface area (Å²) in [5, 5.41) is 8.65. The normalized spacial score (nSPS) is 18.3. The highest BCUT2D eigenvalue weighted by Gasteiger charge is 2.43. The van der Waals surface area contributed by atoms with Gasteiger partial charge in [-0.15, -0.1) is 0 Å². The van der Waals surface area contributed by atoms with Gasteiger partial charge in [0.15, 0.2) is 0 Å². The first-order valence-electron chi connectivity index (χ1n) is 16.8. The van der Waals surface area contributed by atoms with Crippen LogP contribution in [0.1, 0.15) is 108 Å². The zero-order valence-corrected chi connectivity index (χ0v) is 31.7. The fraction of sp³-hybridized carbons (Fsp3) is 0.848. The summed E-state index contributed by atoms with van der Waals surface area (Å²) < 4.78 is 4.00. The maximum absolute atomic E-state index is 13.9. The van der Waals surface area contributed by atoms with Crippen molar-refractivity contribution in [3.63, 3.8) is 0 Å². The number of rotatable bonds is 13. The molecule has 4 atom stereocenters. The molecule has 4 unspecified atom stereocenters. The van der Waals surface area contributed by atoms with Crippen LogP contribution < -0.4 is 21.7 Å². The van der Waals surface area contributed by atoms with Crippen LogP contribution in [0.4, 0.5) is 4.79 Å². The first kappa shape index (κ1) is 43.6. The van der Waals surface area contributed by atoms with Gasteiger partial charge in [0.2, 0.25) is 17.6 Å². The Morgan fingerprint density at radius 3 is 1.87 bits per heavy atom. The number of likely N-dealkylation sites (tertiary alicyclic amines) is 1. The first-order valence-corrected chi connectivity index (χ1v) is 17.5. The molecule has 2 rings (SSSR count). The van der Waals surface area contributed by atoms with Crippen LogP contribution >= 0.6 is 12.1 Å². The zero-order chi connectivity index (χ0) is 36.0. The van der Waals surface area contributed by atoms with Crippen molar-refractivity contribution in [2.24, 2.45) is 22.5 Å². The van der Waals surface area contributed by atoms with Gasteiger partial charge in [-0.3, -0.25) is 19.2 Å². The zero-order valence-electron chi connectivity index (χ0n) is 30.9. The van der Waals surface area contributed by atoms with E-state index in [9.17, 15) is 24.0 Å². The van der Waals surface area contributed by atoms with E-state index in [0.717, 1.165) is 12.8 Å². The van der Waals surface area contributed by atoms with Crippen LogP contribution in [-0.4, -0.2) is 101 Å². The SMILES string of the molecule is CC.CCC.CN(C)SN(C)CC(NC(=O)NC(C(=O)N1CCCC1C(=O)NC(CC1CC1)C(=O)C(N)=O)C(C)(C)C)C(C)(C)C. The lowest BCUT2D eigenvalue weighted by atomic mass is 9.85. The average Bonchev–Trinajstić information content (AvgIpc) is 3.61. The van der Waals surface area contributed by atoms with E-state index in [1.54, 1.807) is 0 Å². The van der Waals surface area contributed by atoms with Crippen LogP contribution in [0.15, 0.2) is 0 Å². The molecular weight excluding hydrogens is 606 g/mol. The molecule has 1 heterocycles. The Hall–Kier alpha value is -2.38. The van der Waals surface area contributed by atoms with Crippen molar-refractivity contribution in [2.75, 3.05) is 34.2 Å². The summed E-state index contributed by atoms with van der Waals surface area (Å²) in [4.78, 5) is 65.9. The van der Waals surface area contributed by atoms with E-state index in [-0.39, 0.29) is 23.3 Å². The number of ketones is 1. The van der Waals surface area contributed by atoms with Gasteiger partial charge in [0.1, 0.15) is 12.1 Å². The first-order chi connectivity index (χ1) is 21.2. The summed E-state index contributed by atoms with van der Waals surface area (Å²) in [6.07, 6.45) is 4.51. The smallest absolute Gasteiger partial charge is 0.315 e. The molecule has 0 radical (unpaired) electrons. The number of nitrogens with zero attached hydrogens (tertiary/aromatic N) is 3. The van der Waals surface area contributed by atoms with E-state index in [2.05, 4.69) is 29.8 Å². The molecule has 1 aliphatic carbocycles. The molecule has 46 heavy (non-hydrogen) atoms. The van der Waals surface area contributed by atoms with Gasteiger partial charge in [0.05, 0.1) is 6.04 Å². The number of amides is 5. The minimum atomic E-state index is -1.08. The number of carbonyl (C=O) groups excluding carboxylic acids is 5. The number of hydrogen-bond donors (Lipinski definition) is 4. The maximum Gasteiger partial charge on any atom is 0.315 e. The molecule has 0 spiro atoms. The molecule has 1 aliphatic heterocycles. The van der Waals surface area contributed by atoms with Gasteiger partial charge < -0.3 is 26.6 Å². The molecule has 2 aliphatic rings. The molecule has 0 aromatic heterocycles. The summed E-state index contributed by atoms with van der Waals surface area (Å²) >= 11 is 1.53. The van der Waals surface area contributed by atoms with Crippen molar-refractivity contribution < 1.29 is 24.0 Å². The molecule has 0 aromatic carbocycles. The number of nitrogens with one attached hydrogen (secondary N) is 3. The Morgan fingerprint density at radius 2 is 1.43 bits per heavy atom. The molecule has 2 fully saturated rings. The Morgan fingerprint density at radius 1 is 0.891 bits per heavy atom. The van der Waals surface area contributed by atoms with E-state index in [0.29, 0.717) is 32.4 Å². The second-order valence-corrected chi connectivity index (χ2v) is 15.9. The topological polar surface area (TPSA) is 157 Å². The fourth-order valence-electron chi connectivity index (χ4n) is 4.91. The maximum atomic E-state index is 13.9. The van der Waals surface area contributed by atoms with Gasteiger partial charge in [0.25, 0.3) is 5.91 Å². The second-order valence-electron chi connectivity index (χ2n) is 14.4. The minimum Gasteiger partial charge on any atom is -0.363 e. The summed E-state index contributed by atoms with van der Waals surface area (Å²) in [6, 6.07) is -3.38. The van der Waals surface area contributed by atoms with E-state index in [1.165, 1.54) is 23.5 Å². The third-order valence-electron chi connectivity index (χ3n) is 7.46. The number of carbonyl (C=O) groups is 5. The Labute approximate surface area is 283 Å². The number of Topliss-reactive ketones (excluding diaryl/α,β-unsaturated/α-hetero) is 1. The molecular formula is C33H65N7O5S. The number of hydrogen-bond acceptors (Lipinski definition) is 8. The fourth-order valence-corrected chi connectivity index (χ4v) is 5.69. The van der Waals surface area contributed by atoms with Crippen molar-refractivity contribution in [1.29, 1.82) is 0 Å². The van der Waals surface area contributed by atoms with E-state index >= 15 is 0 Å². The van der Waals surface area contributed by atoms with Crippen molar-refractivity contribution in [1.82, 2.24) is 29.5 Å². The van der Waals surface area contributed by atoms with Gasteiger partial charge in [0, 0.05) is 31.3 Å².